The predicted octanol–water partition coefficient (Wildman–Crippen LogP) is 8.39. The second-order valence-electron chi connectivity index (χ2n) is 11.3. The van der Waals surface area contributed by atoms with Crippen LogP contribution in [0.1, 0.15) is 129 Å². The second kappa shape index (κ2) is 15.6. The van der Waals surface area contributed by atoms with E-state index in [1.807, 2.05) is 0 Å². The molecule has 0 saturated heterocycles. The predicted molar refractivity (Wildman–Crippen MR) is 142 cm³/mol. The Morgan fingerprint density at radius 3 is 1.50 bits per heavy atom. The van der Waals surface area contributed by atoms with Gasteiger partial charge in [0.25, 0.3) is 11.8 Å². The molecule has 3 nitrogen and oxygen atoms in total. The van der Waals surface area contributed by atoms with Crippen molar-refractivity contribution in [2.45, 2.75) is 129 Å². The van der Waals surface area contributed by atoms with Crippen LogP contribution in [-0.4, -0.2) is 23.3 Å². The lowest BCUT2D eigenvalue weighted by Crippen LogP contribution is -2.30. The minimum absolute atomic E-state index is 0.144. The van der Waals surface area contributed by atoms with E-state index in [0.717, 1.165) is 36.5 Å². The molecule has 34 heavy (non-hydrogen) atoms. The van der Waals surface area contributed by atoms with Crippen molar-refractivity contribution in [3.05, 3.63) is 24.3 Å². The molecule has 192 valence electrons. The van der Waals surface area contributed by atoms with Crippen LogP contribution in [0.25, 0.3) is 0 Å². The maximum Gasteiger partial charge on any atom is 0.253 e. The van der Waals surface area contributed by atoms with Crippen LogP contribution in [0.3, 0.4) is 0 Å². The summed E-state index contributed by atoms with van der Waals surface area (Å²) in [5.41, 5.74) is 0. The highest BCUT2D eigenvalue weighted by molar-refractivity contribution is 6.12. The Hall–Kier alpha value is -1.38. The molecule has 1 fully saturated rings. The summed E-state index contributed by atoms with van der Waals surface area (Å²) in [5.74, 6) is 3.58. The number of allylic oxidation sites excluding steroid dienone is 2. The molecule has 3 rings (SSSR count). The molecule has 2 bridgehead atoms. The van der Waals surface area contributed by atoms with E-state index in [-0.39, 0.29) is 11.8 Å². The molecule has 3 aliphatic rings. The van der Waals surface area contributed by atoms with E-state index < -0.39 is 0 Å². The van der Waals surface area contributed by atoms with E-state index in [0.29, 0.717) is 6.54 Å². The molecular formula is C31H51NO2. The molecule has 0 aromatic rings. The highest BCUT2D eigenvalue weighted by Gasteiger charge is 2.42. The van der Waals surface area contributed by atoms with E-state index >= 15 is 0 Å². The van der Waals surface area contributed by atoms with E-state index in [4.69, 9.17) is 0 Å². The smallest absolute Gasteiger partial charge is 0.253 e. The Morgan fingerprint density at radius 2 is 1.03 bits per heavy atom. The quantitative estimate of drug-likeness (QED) is 0.102. The number of amides is 2. The van der Waals surface area contributed by atoms with E-state index in [1.165, 1.54) is 126 Å². The average Bonchev–Trinajstić information content (AvgIpc) is 3.53. The van der Waals surface area contributed by atoms with Gasteiger partial charge in [-0.2, -0.15) is 0 Å². The zero-order valence-electron chi connectivity index (χ0n) is 22.0. The second-order valence-corrected chi connectivity index (χ2v) is 11.3. The first kappa shape index (κ1) is 27.2. The summed E-state index contributed by atoms with van der Waals surface area (Å²) in [6.07, 6.45) is 33.8. The fourth-order valence-corrected chi connectivity index (χ4v) is 6.84. The van der Waals surface area contributed by atoms with Crippen molar-refractivity contribution in [2.24, 2.45) is 23.7 Å². The van der Waals surface area contributed by atoms with Gasteiger partial charge in [-0.3, -0.25) is 14.5 Å². The average molecular weight is 470 g/mol. The van der Waals surface area contributed by atoms with Crippen molar-refractivity contribution in [3.8, 4) is 0 Å². The largest absolute Gasteiger partial charge is 0.275 e. The lowest BCUT2D eigenvalue weighted by molar-refractivity contribution is -0.136. The number of rotatable bonds is 20. The van der Waals surface area contributed by atoms with Gasteiger partial charge < -0.3 is 0 Å². The van der Waals surface area contributed by atoms with Crippen molar-refractivity contribution in [3.63, 3.8) is 0 Å². The zero-order chi connectivity index (χ0) is 24.0. The summed E-state index contributed by atoms with van der Waals surface area (Å²) in [5, 5.41) is 0. The summed E-state index contributed by atoms with van der Waals surface area (Å²) in [7, 11) is 0. The first-order valence-electron chi connectivity index (χ1n) is 14.9. The first-order valence-corrected chi connectivity index (χ1v) is 14.9. The molecule has 0 N–H and O–H groups in total. The van der Waals surface area contributed by atoms with Gasteiger partial charge in [0, 0.05) is 18.7 Å². The normalized spacial score (nSPS) is 25.4. The fourth-order valence-electron chi connectivity index (χ4n) is 6.84. The van der Waals surface area contributed by atoms with Crippen molar-refractivity contribution in [2.75, 3.05) is 6.54 Å². The molecule has 3 heteroatoms. The van der Waals surface area contributed by atoms with Gasteiger partial charge in [-0.25, -0.2) is 0 Å². The molecule has 0 aromatic heterocycles. The molecule has 4 atom stereocenters. The van der Waals surface area contributed by atoms with Gasteiger partial charge in [0.05, 0.1) is 0 Å². The minimum atomic E-state index is -0.144. The summed E-state index contributed by atoms with van der Waals surface area (Å²) in [6, 6.07) is 0. The van der Waals surface area contributed by atoms with Crippen molar-refractivity contribution in [1.29, 1.82) is 0 Å². The van der Waals surface area contributed by atoms with Crippen LogP contribution in [0.15, 0.2) is 24.3 Å². The van der Waals surface area contributed by atoms with Crippen LogP contribution in [0.5, 0.6) is 0 Å². The molecule has 2 aliphatic carbocycles. The van der Waals surface area contributed by atoms with E-state index in [9.17, 15) is 9.59 Å². The van der Waals surface area contributed by atoms with E-state index in [1.54, 1.807) is 0 Å². The third-order valence-electron chi connectivity index (χ3n) is 8.84. The number of fused-ring (bicyclic) bond motifs is 2. The number of imide groups is 1. The summed E-state index contributed by atoms with van der Waals surface area (Å²) in [4.78, 5) is 24.3. The number of hydrogen-bond donors (Lipinski definition) is 0. The molecule has 0 spiro atoms. The maximum absolute atomic E-state index is 11.5. The van der Waals surface area contributed by atoms with Crippen LogP contribution >= 0.6 is 0 Å². The first-order chi connectivity index (χ1) is 16.7. The summed E-state index contributed by atoms with van der Waals surface area (Å²) in [6.45, 7) is 2.99. The molecule has 0 aromatic carbocycles. The van der Waals surface area contributed by atoms with Crippen LogP contribution < -0.4 is 0 Å². The van der Waals surface area contributed by atoms with Gasteiger partial charge in [-0.15, -0.1) is 0 Å². The third-order valence-corrected chi connectivity index (χ3v) is 8.84. The Labute approximate surface area is 209 Å². The topological polar surface area (TPSA) is 37.4 Å². The number of unbranched alkanes of at least 4 members (excludes halogenated alkanes) is 15. The van der Waals surface area contributed by atoms with Crippen molar-refractivity contribution < 1.29 is 9.59 Å². The Kier molecular flexibility index (Phi) is 12.5. The lowest BCUT2D eigenvalue weighted by Gasteiger charge is -2.27. The van der Waals surface area contributed by atoms with Crippen LogP contribution in [0, 0.1) is 23.7 Å². The number of hydrogen-bond acceptors (Lipinski definition) is 2. The standard InChI is InChI=1S/C31H51NO2/c1-2-28-26-20-21-27(25-26)29(28)19-17-15-13-11-9-7-5-3-4-6-8-10-12-14-16-18-24-32-30(33)22-23-31(32)34/h20-23,26-29H,2-19,24-25H2,1H3. The zero-order valence-corrected chi connectivity index (χ0v) is 22.0. The van der Waals surface area contributed by atoms with Gasteiger partial charge in [-0.05, 0) is 42.9 Å². The number of carbonyl (C=O) groups excluding carboxylic acids is 2. The van der Waals surface area contributed by atoms with Gasteiger partial charge in [-0.1, -0.05) is 122 Å². The number of carbonyl (C=O) groups is 2. The van der Waals surface area contributed by atoms with Crippen molar-refractivity contribution >= 4 is 11.8 Å². The highest BCUT2D eigenvalue weighted by Crippen LogP contribution is 2.51. The molecule has 2 amide bonds. The molecule has 0 radical (unpaired) electrons. The Balaban J connectivity index is 1.00. The van der Waals surface area contributed by atoms with Crippen LogP contribution in [0.4, 0.5) is 0 Å². The van der Waals surface area contributed by atoms with Gasteiger partial charge in [0.1, 0.15) is 0 Å². The fraction of sp³-hybridized carbons (Fsp3) is 0.806. The van der Waals surface area contributed by atoms with Gasteiger partial charge >= 0.3 is 0 Å². The maximum atomic E-state index is 11.5. The Morgan fingerprint density at radius 1 is 0.618 bits per heavy atom. The third kappa shape index (κ3) is 8.68. The van der Waals surface area contributed by atoms with Crippen LogP contribution in [-0.2, 0) is 9.59 Å². The molecule has 4 unspecified atom stereocenters. The number of nitrogens with zero attached hydrogens (tertiary/aromatic N) is 1. The molecule has 1 saturated carbocycles. The van der Waals surface area contributed by atoms with Crippen molar-refractivity contribution in [1.82, 2.24) is 4.90 Å². The van der Waals surface area contributed by atoms with Gasteiger partial charge in [0.2, 0.25) is 0 Å². The monoisotopic (exact) mass is 469 g/mol. The SMILES string of the molecule is CCC1C2C=CC(C2)C1CCCCCCCCCCCCCCCCCCN1C(=O)C=CC1=O. The Bertz CT molecular complexity index is 648. The molecule has 1 aliphatic heterocycles. The minimum Gasteiger partial charge on any atom is -0.275 e. The highest BCUT2D eigenvalue weighted by atomic mass is 16.2. The molecular weight excluding hydrogens is 418 g/mol. The van der Waals surface area contributed by atoms with Crippen LogP contribution in [0.2, 0.25) is 0 Å². The summed E-state index contributed by atoms with van der Waals surface area (Å²) < 4.78 is 0. The lowest BCUT2D eigenvalue weighted by atomic mass is 9.78. The summed E-state index contributed by atoms with van der Waals surface area (Å²) >= 11 is 0. The van der Waals surface area contributed by atoms with E-state index in [2.05, 4.69) is 19.1 Å². The van der Waals surface area contributed by atoms with Gasteiger partial charge in [0.15, 0.2) is 0 Å². The molecule has 1 heterocycles.